The number of benzene rings is 1. The summed E-state index contributed by atoms with van der Waals surface area (Å²) in [4.78, 5) is 10.6. The molecule has 0 aliphatic rings. The average molecular weight is 219 g/mol. The molecule has 0 atom stereocenters. The second-order valence-corrected chi connectivity index (χ2v) is 3.61. The number of aromatic nitrogens is 3. The number of fused-ring (bicyclic) bond motifs is 1. The molecule has 1 N–H and O–H groups in total. The molecule has 5 heteroatoms. The van der Waals surface area contributed by atoms with Gasteiger partial charge in [0.15, 0.2) is 0 Å². The van der Waals surface area contributed by atoms with Gasteiger partial charge in [0.25, 0.3) is 0 Å². The molecule has 1 heterocycles. The fraction of sp³-hybridized carbons (Fsp3) is 0.364. The van der Waals surface area contributed by atoms with E-state index < -0.39 is 0 Å². The minimum absolute atomic E-state index is 0.196. The summed E-state index contributed by atoms with van der Waals surface area (Å²) in [6, 6.07) is 5.32. The van der Waals surface area contributed by atoms with Crippen LogP contribution in [-0.4, -0.2) is 33.0 Å². The lowest BCUT2D eigenvalue weighted by Crippen LogP contribution is -2.01. The van der Waals surface area contributed by atoms with E-state index in [1.54, 1.807) is 16.8 Å². The summed E-state index contributed by atoms with van der Waals surface area (Å²) in [5.41, 5.74) is 2.26. The van der Waals surface area contributed by atoms with E-state index in [9.17, 15) is 4.79 Å². The number of aldehydes is 1. The Labute approximate surface area is 92.7 Å². The SMILES string of the molecule is O=Cc1ccc2c(c1)nnn2CCCCO. The zero-order chi connectivity index (χ0) is 11.4. The first-order valence-electron chi connectivity index (χ1n) is 5.24. The minimum Gasteiger partial charge on any atom is -0.396 e. The summed E-state index contributed by atoms with van der Waals surface area (Å²) in [5.74, 6) is 0. The molecule has 0 bridgehead atoms. The molecule has 0 aliphatic heterocycles. The number of rotatable bonds is 5. The number of hydrogen-bond donors (Lipinski definition) is 1. The molecule has 0 saturated heterocycles. The number of aliphatic hydroxyl groups is 1. The Kier molecular flexibility index (Phi) is 3.26. The van der Waals surface area contributed by atoms with Crippen LogP contribution in [0.1, 0.15) is 23.2 Å². The standard InChI is InChI=1S/C11H13N3O2/c15-6-2-1-5-14-11-4-3-9(8-16)7-10(11)12-13-14/h3-4,7-8,15H,1-2,5-6H2. The molecule has 0 spiro atoms. The van der Waals surface area contributed by atoms with Crippen LogP contribution in [0.4, 0.5) is 0 Å². The van der Waals surface area contributed by atoms with Crippen molar-refractivity contribution in [2.45, 2.75) is 19.4 Å². The van der Waals surface area contributed by atoms with Crippen LogP contribution < -0.4 is 0 Å². The van der Waals surface area contributed by atoms with Crippen molar-refractivity contribution in [1.29, 1.82) is 0 Å². The zero-order valence-electron chi connectivity index (χ0n) is 8.83. The fourth-order valence-corrected chi connectivity index (χ4v) is 1.60. The first-order chi connectivity index (χ1) is 7.85. The topological polar surface area (TPSA) is 68.0 Å². The maximum atomic E-state index is 10.6. The number of carbonyl (C=O) groups is 1. The Bertz CT molecular complexity index is 493. The molecule has 0 amide bonds. The number of unbranched alkanes of at least 4 members (excludes halogenated alkanes) is 1. The molecular weight excluding hydrogens is 206 g/mol. The van der Waals surface area contributed by atoms with Gasteiger partial charge < -0.3 is 5.11 Å². The molecule has 16 heavy (non-hydrogen) atoms. The number of carbonyl (C=O) groups excluding carboxylic acids is 1. The summed E-state index contributed by atoms with van der Waals surface area (Å²) in [6.45, 7) is 0.930. The monoisotopic (exact) mass is 219 g/mol. The molecule has 2 rings (SSSR count). The third kappa shape index (κ3) is 2.09. The van der Waals surface area contributed by atoms with Gasteiger partial charge in [0.1, 0.15) is 11.8 Å². The van der Waals surface area contributed by atoms with Crippen LogP contribution in [0.2, 0.25) is 0 Å². The zero-order valence-corrected chi connectivity index (χ0v) is 8.83. The maximum absolute atomic E-state index is 10.6. The predicted molar refractivity (Wildman–Crippen MR) is 59.2 cm³/mol. The van der Waals surface area contributed by atoms with Gasteiger partial charge in [-0.1, -0.05) is 5.21 Å². The van der Waals surface area contributed by atoms with Crippen LogP contribution in [-0.2, 0) is 6.54 Å². The van der Waals surface area contributed by atoms with E-state index >= 15 is 0 Å². The van der Waals surface area contributed by atoms with Crippen LogP contribution in [0, 0.1) is 0 Å². The van der Waals surface area contributed by atoms with Gasteiger partial charge in [-0.25, -0.2) is 4.68 Å². The van der Waals surface area contributed by atoms with E-state index in [1.165, 1.54) is 0 Å². The molecule has 0 unspecified atom stereocenters. The fourth-order valence-electron chi connectivity index (χ4n) is 1.60. The highest BCUT2D eigenvalue weighted by atomic mass is 16.2. The Hall–Kier alpha value is -1.75. The van der Waals surface area contributed by atoms with Crippen molar-refractivity contribution in [3.63, 3.8) is 0 Å². The molecular formula is C11H13N3O2. The summed E-state index contributed by atoms with van der Waals surface area (Å²) in [7, 11) is 0. The van der Waals surface area contributed by atoms with Crippen molar-refractivity contribution < 1.29 is 9.90 Å². The van der Waals surface area contributed by atoms with Gasteiger partial charge in [-0.2, -0.15) is 0 Å². The van der Waals surface area contributed by atoms with Crippen LogP contribution >= 0.6 is 0 Å². The molecule has 0 aliphatic carbocycles. The molecule has 84 valence electrons. The van der Waals surface area contributed by atoms with E-state index in [4.69, 9.17) is 5.11 Å². The van der Waals surface area contributed by atoms with Crippen molar-refractivity contribution in [2.24, 2.45) is 0 Å². The van der Waals surface area contributed by atoms with Crippen molar-refractivity contribution >= 4 is 17.3 Å². The summed E-state index contributed by atoms with van der Waals surface area (Å²) in [5, 5.41) is 16.7. The minimum atomic E-state index is 0.196. The third-order valence-corrected chi connectivity index (χ3v) is 2.45. The van der Waals surface area contributed by atoms with Crippen molar-refractivity contribution in [2.75, 3.05) is 6.61 Å². The highest BCUT2D eigenvalue weighted by Gasteiger charge is 2.04. The summed E-state index contributed by atoms with van der Waals surface area (Å²) < 4.78 is 1.79. The molecule has 1 aromatic heterocycles. The van der Waals surface area contributed by atoms with Gasteiger partial charge in [-0.05, 0) is 31.0 Å². The van der Waals surface area contributed by atoms with Gasteiger partial charge in [0.2, 0.25) is 0 Å². The largest absolute Gasteiger partial charge is 0.396 e. The van der Waals surface area contributed by atoms with Crippen LogP contribution in [0.15, 0.2) is 18.2 Å². The Morgan fingerprint density at radius 1 is 1.38 bits per heavy atom. The lowest BCUT2D eigenvalue weighted by molar-refractivity contribution is 0.112. The Morgan fingerprint density at radius 2 is 2.25 bits per heavy atom. The number of hydrogen-bond acceptors (Lipinski definition) is 4. The molecule has 0 saturated carbocycles. The van der Waals surface area contributed by atoms with Crippen LogP contribution in [0.25, 0.3) is 11.0 Å². The molecule has 1 aromatic carbocycles. The number of aliphatic hydroxyl groups excluding tert-OH is 1. The van der Waals surface area contributed by atoms with Gasteiger partial charge in [-0.15, -0.1) is 5.10 Å². The van der Waals surface area contributed by atoms with E-state index in [2.05, 4.69) is 10.3 Å². The van der Waals surface area contributed by atoms with Crippen LogP contribution in [0.5, 0.6) is 0 Å². The molecule has 0 radical (unpaired) electrons. The summed E-state index contributed by atoms with van der Waals surface area (Å²) in [6.07, 6.45) is 2.42. The first-order valence-corrected chi connectivity index (χ1v) is 5.24. The second kappa shape index (κ2) is 4.85. The van der Waals surface area contributed by atoms with Gasteiger partial charge in [0, 0.05) is 18.7 Å². The number of nitrogens with zero attached hydrogens (tertiary/aromatic N) is 3. The second-order valence-electron chi connectivity index (χ2n) is 3.61. The normalized spacial score (nSPS) is 10.8. The van der Waals surface area contributed by atoms with Crippen molar-refractivity contribution in [3.8, 4) is 0 Å². The van der Waals surface area contributed by atoms with E-state index in [0.29, 0.717) is 5.56 Å². The Morgan fingerprint density at radius 3 is 3.00 bits per heavy atom. The van der Waals surface area contributed by atoms with Gasteiger partial charge in [0.05, 0.1) is 5.52 Å². The maximum Gasteiger partial charge on any atom is 0.150 e. The average Bonchev–Trinajstić information content (AvgIpc) is 2.72. The molecule has 0 fully saturated rings. The highest BCUT2D eigenvalue weighted by Crippen LogP contribution is 2.12. The van der Waals surface area contributed by atoms with Gasteiger partial charge >= 0.3 is 0 Å². The molecule has 5 nitrogen and oxygen atoms in total. The van der Waals surface area contributed by atoms with Gasteiger partial charge in [-0.3, -0.25) is 4.79 Å². The Balaban J connectivity index is 2.23. The lowest BCUT2D eigenvalue weighted by atomic mass is 10.2. The first kappa shape index (κ1) is 10.8. The molecule has 2 aromatic rings. The van der Waals surface area contributed by atoms with E-state index in [1.807, 2.05) is 6.07 Å². The van der Waals surface area contributed by atoms with Crippen molar-refractivity contribution in [3.05, 3.63) is 23.8 Å². The van der Waals surface area contributed by atoms with Crippen molar-refractivity contribution in [1.82, 2.24) is 15.0 Å². The van der Waals surface area contributed by atoms with E-state index in [0.717, 1.165) is 36.7 Å². The third-order valence-electron chi connectivity index (χ3n) is 2.45. The predicted octanol–water partition coefficient (Wildman–Crippen LogP) is 1.02. The van der Waals surface area contributed by atoms with E-state index in [-0.39, 0.29) is 6.61 Å². The van der Waals surface area contributed by atoms with Crippen LogP contribution in [0.3, 0.4) is 0 Å². The number of aryl methyl sites for hydroxylation is 1. The lowest BCUT2D eigenvalue weighted by Gasteiger charge is -2.00. The quantitative estimate of drug-likeness (QED) is 0.602. The summed E-state index contributed by atoms with van der Waals surface area (Å²) >= 11 is 0. The smallest absolute Gasteiger partial charge is 0.150 e. The highest BCUT2D eigenvalue weighted by molar-refractivity contribution is 5.84.